The van der Waals surface area contributed by atoms with Gasteiger partial charge in [0.15, 0.2) is 0 Å². The van der Waals surface area contributed by atoms with Crippen LogP contribution in [-0.4, -0.2) is 33.1 Å². The molecular formula is C15H26O3. The molecule has 104 valence electrons. The number of hydrogen-bond acceptors (Lipinski definition) is 3. The average molecular weight is 254 g/mol. The third-order valence-electron chi connectivity index (χ3n) is 6.55. The lowest BCUT2D eigenvalue weighted by atomic mass is 9.48. The van der Waals surface area contributed by atoms with Gasteiger partial charge >= 0.3 is 0 Å². The zero-order valence-electron chi connectivity index (χ0n) is 11.7. The molecule has 3 aliphatic rings. The molecule has 3 heteroatoms. The van der Waals surface area contributed by atoms with Crippen molar-refractivity contribution in [3.05, 3.63) is 0 Å². The third kappa shape index (κ3) is 1.36. The van der Waals surface area contributed by atoms with Crippen molar-refractivity contribution in [1.29, 1.82) is 0 Å². The molecule has 0 spiro atoms. The lowest BCUT2D eigenvalue weighted by Gasteiger charge is -2.59. The molecule has 0 aromatic heterocycles. The number of aliphatic hydroxyl groups is 3. The Morgan fingerprint density at radius 1 is 0.944 bits per heavy atom. The molecule has 2 bridgehead atoms. The second-order valence-electron chi connectivity index (χ2n) is 7.90. The minimum absolute atomic E-state index is 0.219. The van der Waals surface area contributed by atoms with Gasteiger partial charge in [-0.05, 0) is 49.4 Å². The van der Waals surface area contributed by atoms with Crippen LogP contribution in [0.1, 0.15) is 52.9 Å². The van der Waals surface area contributed by atoms with E-state index >= 15 is 0 Å². The first kappa shape index (κ1) is 12.9. The highest BCUT2D eigenvalue weighted by molar-refractivity contribution is 5.16. The number of fused-ring (bicyclic) bond motifs is 4. The lowest BCUT2D eigenvalue weighted by molar-refractivity contribution is -0.239. The third-order valence-corrected chi connectivity index (χ3v) is 6.55. The van der Waals surface area contributed by atoms with Crippen molar-refractivity contribution in [2.75, 3.05) is 0 Å². The van der Waals surface area contributed by atoms with Crippen molar-refractivity contribution in [1.82, 2.24) is 0 Å². The van der Waals surface area contributed by atoms with E-state index in [-0.39, 0.29) is 11.3 Å². The van der Waals surface area contributed by atoms with Crippen LogP contribution >= 0.6 is 0 Å². The zero-order chi connectivity index (χ0) is 13.3. The summed E-state index contributed by atoms with van der Waals surface area (Å²) in [7, 11) is 0. The summed E-state index contributed by atoms with van der Waals surface area (Å²) in [6.45, 7) is 6.47. The van der Waals surface area contributed by atoms with E-state index in [1.54, 1.807) is 0 Å². The monoisotopic (exact) mass is 254 g/mol. The summed E-state index contributed by atoms with van der Waals surface area (Å²) < 4.78 is 0. The topological polar surface area (TPSA) is 60.7 Å². The Kier molecular flexibility index (Phi) is 2.51. The van der Waals surface area contributed by atoms with Crippen LogP contribution in [0.4, 0.5) is 0 Å². The summed E-state index contributed by atoms with van der Waals surface area (Å²) in [5.74, 6) is 0.709. The van der Waals surface area contributed by atoms with Gasteiger partial charge in [0, 0.05) is 5.41 Å². The van der Waals surface area contributed by atoms with Gasteiger partial charge in [-0.15, -0.1) is 0 Å². The van der Waals surface area contributed by atoms with E-state index in [0.717, 1.165) is 19.3 Å². The molecule has 6 atom stereocenters. The standard InChI is InChI=1S/C15H26O3/c1-13(2)8-10-9(13)4-6-14(3)11(16)5-7-15(10,18)12(14)17/h9-12,16-18H,4-8H2,1-3H3/t9-,10-,11+,12-,14-,15-/m0/s1. The molecule has 0 aliphatic heterocycles. The van der Waals surface area contributed by atoms with Crippen LogP contribution in [0.25, 0.3) is 0 Å². The Morgan fingerprint density at radius 3 is 2.22 bits per heavy atom. The maximum Gasteiger partial charge on any atom is 0.0943 e. The number of hydrogen-bond donors (Lipinski definition) is 3. The molecule has 3 saturated carbocycles. The Bertz CT molecular complexity index is 367. The van der Waals surface area contributed by atoms with E-state index in [1.807, 2.05) is 6.92 Å². The SMILES string of the molecule is CC1(C)C[C@H]2[C@@H]1CC[C@@]1(C)[C@H](O)CC[C@@]2(O)[C@H]1O. The maximum absolute atomic E-state index is 11.0. The second kappa shape index (κ2) is 3.50. The highest BCUT2D eigenvalue weighted by Crippen LogP contribution is 2.64. The van der Waals surface area contributed by atoms with Crippen LogP contribution in [0.5, 0.6) is 0 Å². The minimum Gasteiger partial charge on any atom is -0.392 e. The zero-order valence-corrected chi connectivity index (χ0v) is 11.7. The summed E-state index contributed by atoms with van der Waals surface area (Å²) in [5.41, 5.74) is -1.22. The van der Waals surface area contributed by atoms with Crippen LogP contribution in [0.15, 0.2) is 0 Å². The average Bonchev–Trinajstić information content (AvgIpc) is 2.33. The molecule has 0 unspecified atom stereocenters. The van der Waals surface area contributed by atoms with Gasteiger partial charge in [-0.2, -0.15) is 0 Å². The summed E-state index contributed by atoms with van der Waals surface area (Å²) in [6.07, 6.45) is 2.74. The maximum atomic E-state index is 11.0. The van der Waals surface area contributed by atoms with E-state index in [4.69, 9.17) is 0 Å². The molecule has 3 nitrogen and oxygen atoms in total. The summed E-state index contributed by atoms with van der Waals surface area (Å²) >= 11 is 0. The Morgan fingerprint density at radius 2 is 1.61 bits per heavy atom. The van der Waals surface area contributed by atoms with Crippen LogP contribution in [0, 0.1) is 22.7 Å². The van der Waals surface area contributed by atoms with E-state index in [9.17, 15) is 15.3 Å². The van der Waals surface area contributed by atoms with E-state index < -0.39 is 23.2 Å². The number of aliphatic hydroxyl groups excluding tert-OH is 2. The fourth-order valence-electron chi connectivity index (χ4n) is 5.11. The largest absolute Gasteiger partial charge is 0.392 e. The van der Waals surface area contributed by atoms with E-state index in [2.05, 4.69) is 13.8 Å². The van der Waals surface area contributed by atoms with Gasteiger partial charge in [0.1, 0.15) is 0 Å². The minimum atomic E-state index is -0.968. The molecule has 3 aliphatic carbocycles. The quantitative estimate of drug-likeness (QED) is 0.616. The highest BCUT2D eigenvalue weighted by Gasteiger charge is 2.66. The fraction of sp³-hybridized carbons (Fsp3) is 1.00. The predicted molar refractivity (Wildman–Crippen MR) is 68.9 cm³/mol. The first-order valence-electron chi connectivity index (χ1n) is 7.30. The van der Waals surface area contributed by atoms with Crippen LogP contribution in [0.3, 0.4) is 0 Å². The van der Waals surface area contributed by atoms with Gasteiger partial charge in [0.05, 0.1) is 17.8 Å². The van der Waals surface area contributed by atoms with Crippen LogP contribution < -0.4 is 0 Å². The Hall–Kier alpha value is -0.120. The fourth-order valence-corrected chi connectivity index (χ4v) is 5.11. The molecule has 0 aromatic rings. The molecular weight excluding hydrogens is 228 g/mol. The molecule has 18 heavy (non-hydrogen) atoms. The van der Waals surface area contributed by atoms with Gasteiger partial charge in [0.25, 0.3) is 0 Å². The van der Waals surface area contributed by atoms with Gasteiger partial charge in [-0.3, -0.25) is 0 Å². The summed E-state index contributed by atoms with van der Waals surface area (Å²) in [5, 5.41) is 31.9. The summed E-state index contributed by atoms with van der Waals surface area (Å²) in [6, 6.07) is 0. The Labute approximate surface area is 109 Å². The van der Waals surface area contributed by atoms with E-state index in [0.29, 0.717) is 18.8 Å². The van der Waals surface area contributed by atoms with Crippen molar-refractivity contribution in [3.8, 4) is 0 Å². The second-order valence-corrected chi connectivity index (χ2v) is 7.90. The molecule has 3 fully saturated rings. The van der Waals surface area contributed by atoms with Gasteiger partial charge < -0.3 is 15.3 Å². The van der Waals surface area contributed by atoms with Gasteiger partial charge in [-0.25, -0.2) is 0 Å². The van der Waals surface area contributed by atoms with E-state index in [1.165, 1.54) is 0 Å². The summed E-state index contributed by atoms with van der Waals surface area (Å²) in [4.78, 5) is 0. The molecule has 0 aromatic carbocycles. The van der Waals surface area contributed by atoms with Crippen molar-refractivity contribution >= 4 is 0 Å². The first-order chi connectivity index (χ1) is 8.22. The van der Waals surface area contributed by atoms with Crippen molar-refractivity contribution in [2.24, 2.45) is 22.7 Å². The molecule has 3 rings (SSSR count). The predicted octanol–water partition coefficient (Wildman–Crippen LogP) is 1.70. The van der Waals surface area contributed by atoms with Crippen molar-refractivity contribution in [3.63, 3.8) is 0 Å². The van der Waals surface area contributed by atoms with Crippen LogP contribution in [0.2, 0.25) is 0 Å². The normalized spacial score (nSPS) is 58.3. The first-order valence-corrected chi connectivity index (χ1v) is 7.30. The lowest BCUT2D eigenvalue weighted by Crippen LogP contribution is -2.65. The number of rotatable bonds is 0. The van der Waals surface area contributed by atoms with Crippen molar-refractivity contribution < 1.29 is 15.3 Å². The smallest absolute Gasteiger partial charge is 0.0943 e. The molecule has 0 heterocycles. The van der Waals surface area contributed by atoms with Crippen LogP contribution in [-0.2, 0) is 0 Å². The highest BCUT2D eigenvalue weighted by atomic mass is 16.3. The van der Waals surface area contributed by atoms with Gasteiger partial charge in [0.2, 0.25) is 0 Å². The Balaban J connectivity index is 2.00. The molecule has 0 radical (unpaired) electrons. The molecule has 0 amide bonds. The molecule has 3 N–H and O–H groups in total. The van der Waals surface area contributed by atoms with Gasteiger partial charge in [-0.1, -0.05) is 20.8 Å². The van der Waals surface area contributed by atoms with Crippen molar-refractivity contribution in [2.45, 2.75) is 70.7 Å². The molecule has 0 saturated heterocycles.